The van der Waals surface area contributed by atoms with Crippen LogP contribution in [0.15, 0.2) is 12.2 Å². The Kier molecular flexibility index (Phi) is 3.47. The van der Waals surface area contributed by atoms with Gasteiger partial charge >= 0.3 is 0 Å². The second-order valence-electron chi connectivity index (χ2n) is 5.25. The standard InChI is InChI=1S/C13H24N2/c1-3-13(2)11-15(10-9-14-13)12-7-5-4-6-8-12/h4-5,12,14H,3,6-11H2,1-2H3. The van der Waals surface area contributed by atoms with Crippen LogP contribution in [-0.4, -0.2) is 36.1 Å². The number of nitrogens with one attached hydrogen (secondary N) is 1. The molecule has 1 saturated heterocycles. The van der Waals surface area contributed by atoms with Crippen molar-refractivity contribution in [2.45, 2.75) is 51.1 Å². The summed E-state index contributed by atoms with van der Waals surface area (Å²) in [6.45, 7) is 8.26. The Balaban J connectivity index is 1.94. The maximum atomic E-state index is 3.65. The molecule has 0 aromatic heterocycles. The molecule has 1 N–H and O–H groups in total. The first kappa shape index (κ1) is 11.2. The van der Waals surface area contributed by atoms with Crippen LogP contribution in [0.3, 0.4) is 0 Å². The highest BCUT2D eigenvalue weighted by Gasteiger charge is 2.31. The Morgan fingerprint density at radius 2 is 2.33 bits per heavy atom. The van der Waals surface area contributed by atoms with Gasteiger partial charge in [-0.05, 0) is 32.6 Å². The Bertz CT molecular complexity index is 237. The van der Waals surface area contributed by atoms with E-state index in [4.69, 9.17) is 0 Å². The molecule has 0 spiro atoms. The van der Waals surface area contributed by atoms with Gasteiger partial charge in [0, 0.05) is 31.2 Å². The van der Waals surface area contributed by atoms with Gasteiger partial charge in [-0.15, -0.1) is 0 Å². The maximum Gasteiger partial charge on any atom is 0.0278 e. The van der Waals surface area contributed by atoms with Gasteiger partial charge in [-0.25, -0.2) is 0 Å². The summed E-state index contributed by atoms with van der Waals surface area (Å²) in [6.07, 6.45) is 9.82. The second kappa shape index (κ2) is 4.67. The van der Waals surface area contributed by atoms with Gasteiger partial charge in [0.05, 0.1) is 0 Å². The van der Waals surface area contributed by atoms with E-state index in [9.17, 15) is 0 Å². The fraction of sp³-hybridized carbons (Fsp3) is 0.846. The predicted octanol–water partition coefficient (Wildman–Crippen LogP) is 2.17. The van der Waals surface area contributed by atoms with Gasteiger partial charge in [-0.2, -0.15) is 0 Å². The minimum absolute atomic E-state index is 0.347. The molecule has 2 unspecified atom stereocenters. The molecule has 0 radical (unpaired) electrons. The van der Waals surface area contributed by atoms with E-state index in [1.807, 2.05) is 0 Å². The molecule has 1 aliphatic carbocycles. The van der Waals surface area contributed by atoms with Crippen molar-refractivity contribution in [3.8, 4) is 0 Å². The van der Waals surface area contributed by atoms with Crippen LogP contribution in [0.4, 0.5) is 0 Å². The largest absolute Gasteiger partial charge is 0.309 e. The van der Waals surface area contributed by atoms with Crippen molar-refractivity contribution in [1.82, 2.24) is 10.2 Å². The van der Waals surface area contributed by atoms with Crippen molar-refractivity contribution in [2.24, 2.45) is 0 Å². The van der Waals surface area contributed by atoms with Crippen LogP contribution < -0.4 is 5.32 Å². The minimum atomic E-state index is 0.347. The van der Waals surface area contributed by atoms with Crippen molar-refractivity contribution in [3.05, 3.63) is 12.2 Å². The van der Waals surface area contributed by atoms with E-state index in [1.54, 1.807) is 0 Å². The molecule has 0 saturated carbocycles. The Hall–Kier alpha value is -0.340. The van der Waals surface area contributed by atoms with Crippen molar-refractivity contribution in [3.63, 3.8) is 0 Å². The highest BCUT2D eigenvalue weighted by Crippen LogP contribution is 2.23. The summed E-state index contributed by atoms with van der Waals surface area (Å²) < 4.78 is 0. The number of hydrogen-bond donors (Lipinski definition) is 1. The Morgan fingerprint density at radius 1 is 1.47 bits per heavy atom. The summed E-state index contributed by atoms with van der Waals surface area (Å²) in [5.74, 6) is 0. The topological polar surface area (TPSA) is 15.3 Å². The van der Waals surface area contributed by atoms with Crippen molar-refractivity contribution in [1.29, 1.82) is 0 Å². The highest BCUT2D eigenvalue weighted by molar-refractivity contribution is 4.98. The molecule has 0 amide bonds. The van der Waals surface area contributed by atoms with Gasteiger partial charge in [0.25, 0.3) is 0 Å². The van der Waals surface area contributed by atoms with E-state index in [0.717, 1.165) is 12.6 Å². The van der Waals surface area contributed by atoms with Crippen LogP contribution in [0.1, 0.15) is 39.5 Å². The molecule has 2 aliphatic rings. The van der Waals surface area contributed by atoms with E-state index in [1.165, 1.54) is 38.8 Å². The van der Waals surface area contributed by atoms with E-state index < -0.39 is 0 Å². The molecular weight excluding hydrogens is 184 g/mol. The highest BCUT2D eigenvalue weighted by atomic mass is 15.2. The third-order valence-electron chi connectivity index (χ3n) is 4.04. The van der Waals surface area contributed by atoms with Crippen molar-refractivity contribution >= 4 is 0 Å². The minimum Gasteiger partial charge on any atom is -0.309 e. The van der Waals surface area contributed by atoms with Crippen LogP contribution in [0, 0.1) is 0 Å². The van der Waals surface area contributed by atoms with Gasteiger partial charge in [0.1, 0.15) is 0 Å². The first-order valence-corrected chi connectivity index (χ1v) is 6.37. The molecule has 0 aromatic carbocycles. The average molecular weight is 208 g/mol. The van der Waals surface area contributed by atoms with Gasteiger partial charge in [-0.1, -0.05) is 19.1 Å². The van der Waals surface area contributed by atoms with Gasteiger partial charge < -0.3 is 5.32 Å². The second-order valence-corrected chi connectivity index (χ2v) is 5.25. The lowest BCUT2D eigenvalue weighted by molar-refractivity contribution is 0.0927. The monoisotopic (exact) mass is 208 g/mol. The normalized spacial score (nSPS) is 38.1. The van der Waals surface area contributed by atoms with Gasteiger partial charge in [0.15, 0.2) is 0 Å². The average Bonchev–Trinajstić information content (AvgIpc) is 2.30. The fourth-order valence-electron chi connectivity index (χ4n) is 2.74. The molecule has 1 aliphatic heterocycles. The van der Waals surface area contributed by atoms with Crippen molar-refractivity contribution in [2.75, 3.05) is 19.6 Å². The molecule has 86 valence electrons. The third kappa shape index (κ3) is 2.61. The molecule has 2 nitrogen and oxygen atoms in total. The van der Waals surface area contributed by atoms with Crippen molar-refractivity contribution < 1.29 is 0 Å². The SMILES string of the molecule is CCC1(C)CN(C2CC=CCC2)CCN1. The number of nitrogens with zero attached hydrogens (tertiary/aromatic N) is 1. The smallest absolute Gasteiger partial charge is 0.0278 e. The third-order valence-corrected chi connectivity index (χ3v) is 4.04. The number of rotatable bonds is 2. The zero-order valence-electron chi connectivity index (χ0n) is 10.1. The van der Waals surface area contributed by atoms with Crippen LogP contribution >= 0.6 is 0 Å². The number of allylic oxidation sites excluding steroid dienone is 1. The lowest BCUT2D eigenvalue weighted by Gasteiger charge is -2.45. The first-order chi connectivity index (χ1) is 7.23. The molecule has 0 aromatic rings. The molecule has 15 heavy (non-hydrogen) atoms. The molecule has 0 bridgehead atoms. The summed E-state index contributed by atoms with van der Waals surface area (Å²) >= 11 is 0. The van der Waals surface area contributed by atoms with Gasteiger partial charge in [0.2, 0.25) is 0 Å². The van der Waals surface area contributed by atoms with Crippen LogP contribution in [-0.2, 0) is 0 Å². The number of hydrogen-bond acceptors (Lipinski definition) is 2. The molecule has 1 heterocycles. The maximum absolute atomic E-state index is 3.65. The van der Waals surface area contributed by atoms with E-state index in [2.05, 4.69) is 36.2 Å². The molecule has 1 fully saturated rings. The summed E-state index contributed by atoms with van der Waals surface area (Å²) in [5.41, 5.74) is 0.347. The first-order valence-electron chi connectivity index (χ1n) is 6.37. The number of piperazine rings is 1. The van der Waals surface area contributed by atoms with Crippen LogP contribution in [0.2, 0.25) is 0 Å². The van der Waals surface area contributed by atoms with Crippen LogP contribution in [0.5, 0.6) is 0 Å². The Morgan fingerprint density at radius 3 is 3.00 bits per heavy atom. The van der Waals surface area contributed by atoms with Crippen LogP contribution in [0.25, 0.3) is 0 Å². The van der Waals surface area contributed by atoms with E-state index in [0.29, 0.717) is 5.54 Å². The lowest BCUT2D eigenvalue weighted by atomic mass is 9.92. The Labute approximate surface area is 93.7 Å². The zero-order chi connectivity index (χ0) is 10.7. The quantitative estimate of drug-likeness (QED) is 0.700. The van der Waals surface area contributed by atoms with E-state index in [-0.39, 0.29) is 0 Å². The van der Waals surface area contributed by atoms with E-state index >= 15 is 0 Å². The summed E-state index contributed by atoms with van der Waals surface area (Å²) in [4.78, 5) is 2.70. The lowest BCUT2D eigenvalue weighted by Crippen LogP contribution is -2.60. The molecular formula is C13H24N2. The summed E-state index contributed by atoms with van der Waals surface area (Å²) in [6, 6.07) is 0.808. The summed E-state index contributed by atoms with van der Waals surface area (Å²) in [5, 5.41) is 3.65. The fourth-order valence-corrected chi connectivity index (χ4v) is 2.74. The molecule has 2 atom stereocenters. The summed E-state index contributed by atoms with van der Waals surface area (Å²) in [7, 11) is 0. The predicted molar refractivity (Wildman–Crippen MR) is 65.1 cm³/mol. The van der Waals surface area contributed by atoms with Gasteiger partial charge in [-0.3, -0.25) is 4.90 Å². The molecule has 2 heteroatoms. The zero-order valence-corrected chi connectivity index (χ0v) is 10.1. The molecule has 2 rings (SSSR count).